The summed E-state index contributed by atoms with van der Waals surface area (Å²) >= 11 is 0. The lowest BCUT2D eigenvalue weighted by molar-refractivity contribution is -0.171. The van der Waals surface area contributed by atoms with Gasteiger partial charge in [-0.3, -0.25) is 14.4 Å². The van der Waals surface area contributed by atoms with Crippen molar-refractivity contribution in [1.29, 1.82) is 0 Å². The average molecular weight is 654 g/mol. The van der Waals surface area contributed by atoms with Crippen LogP contribution in [0.5, 0.6) is 0 Å². The number of hydrogen-bond acceptors (Lipinski definition) is 5. The molecule has 2 N–H and O–H groups in total. The minimum absolute atomic E-state index is 0.0109. The van der Waals surface area contributed by atoms with Gasteiger partial charge in [0.1, 0.15) is 18.2 Å². The molecule has 8 heteroatoms. The Bertz CT molecular complexity index is 1760. The van der Waals surface area contributed by atoms with Crippen molar-refractivity contribution in [2.45, 2.75) is 30.3 Å². The van der Waals surface area contributed by atoms with Crippen LogP contribution in [0.3, 0.4) is 0 Å². The summed E-state index contributed by atoms with van der Waals surface area (Å²) in [7, 11) is 2.82. The number of nitrogens with one attached hydrogen (secondary N) is 2. The van der Waals surface area contributed by atoms with Crippen LogP contribution in [-0.2, 0) is 24.7 Å². The molecule has 0 fully saturated rings. The summed E-state index contributed by atoms with van der Waals surface area (Å²) in [4.78, 5) is 45.7. The fourth-order valence-corrected chi connectivity index (χ4v) is 6.68. The number of benzene rings is 5. The number of fused-ring (bicyclic) bond motifs is 3. The number of alkyl carbamates (subject to hydrolysis) is 1. The summed E-state index contributed by atoms with van der Waals surface area (Å²) in [6.45, 7) is 0.0924. The molecular formula is C41H39N3O5. The highest BCUT2D eigenvalue weighted by Gasteiger charge is 2.38. The van der Waals surface area contributed by atoms with Crippen molar-refractivity contribution >= 4 is 17.9 Å². The van der Waals surface area contributed by atoms with Gasteiger partial charge in [-0.25, -0.2) is 9.86 Å². The second kappa shape index (κ2) is 15.0. The first-order chi connectivity index (χ1) is 23.9. The van der Waals surface area contributed by atoms with Gasteiger partial charge in [0, 0.05) is 19.4 Å². The molecule has 0 spiro atoms. The molecule has 0 bridgehead atoms. The first-order valence-corrected chi connectivity index (χ1v) is 16.3. The monoisotopic (exact) mass is 653 g/mol. The number of hydroxylamine groups is 2. The van der Waals surface area contributed by atoms with Gasteiger partial charge in [0.25, 0.3) is 5.91 Å². The van der Waals surface area contributed by atoms with E-state index in [1.807, 2.05) is 127 Å². The molecule has 1 atom stereocenters. The zero-order valence-electron chi connectivity index (χ0n) is 27.5. The van der Waals surface area contributed by atoms with E-state index in [4.69, 9.17) is 9.57 Å². The Labute approximate surface area is 286 Å². The summed E-state index contributed by atoms with van der Waals surface area (Å²) in [5.74, 6) is -0.949. The van der Waals surface area contributed by atoms with Crippen LogP contribution in [0.15, 0.2) is 140 Å². The fourth-order valence-electron chi connectivity index (χ4n) is 6.68. The van der Waals surface area contributed by atoms with E-state index in [2.05, 4.69) is 22.8 Å². The van der Waals surface area contributed by atoms with Gasteiger partial charge in [0.2, 0.25) is 5.91 Å². The van der Waals surface area contributed by atoms with E-state index in [1.165, 1.54) is 14.2 Å². The predicted molar refractivity (Wildman–Crippen MR) is 188 cm³/mol. The van der Waals surface area contributed by atoms with Crippen molar-refractivity contribution in [1.82, 2.24) is 15.7 Å². The normalized spacial score (nSPS) is 12.7. The predicted octanol–water partition coefficient (Wildman–Crippen LogP) is 6.80. The second-order valence-corrected chi connectivity index (χ2v) is 12.0. The molecule has 0 saturated heterocycles. The van der Waals surface area contributed by atoms with Crippen molar-refractivity contribution in [3.8, 4) is 11.1 Å². The van der Waals surface area contributed by atoms with Gasteiger partial charge in [-0.1, -0.05) is 140 Å². The smallest absolute Gasteiger partial charge is 0.407 e. The zero-order chi connectivity index (χ0) is 34.2. The molecule has 1 aliphatic carbocycles. The van der Waals surface area contributed by atoms with Crippen molar-refractivity contribution in [3.63, 3.8) is 0 Å². The molecule has 1 unspecified atom stereocenters. The van der Waals surface area contributed by atoms with Gasteiger partial charge in [0.05, 0.1) is 7.11 Å². The van der Waals surface area contributed by atoms with E-state index in [9.17, 15) is 14.4 Å². The standard InChI is InChI=1S/C41H39N3O5/c1-44(48-2)39(46)37(42-40(47)49-28-36-34-24-14-12-22-32(34)33-23-13-15-25-35(33)36)26-27-38(45)43-41(29-16-6-3-7-17-29,30-18-8-4-9-19-30)31-20-10-5-11-21-31/h3-25,36-37H,26-28H2,1-2H3,(H,42,47)(H,43,45). The van der Waals surface area contributed by atoms with Crippen LogP contribution in [0.25, 0.3) is 11.1 Å². The highest BCUT2D eigenvalue weighted by molar-refractivity contribution is 5.86. The highest BCUT2D eigenvalue weighted by Crippen LogP contribution is 2.44. The highest BCUT2D eigenvalue weighted by atomic mass is 16.7. The molecule has 0 radical (unpaired) electrons. The lowest BCUT2D eigenvalue weighted by Gasteiger charge is -2.37. The van der Waals surface area contributed by atoms with Crippen LogP contribution >= 0.6 is 0 Å². The molecule has 49 heavy (non-hydrogen) atoms. The third-order valence-corrected chi connectivity index (χ3v) is 9.13. The molecule has 5 aromatic rings. The van der Waals surface area contributed by atoms with E-state index in [1.54, 1.807) is 0 Å². The number of likely N-dealkylation sites (N-methyl/N-ethyl adjacent to an activating group) is 1. The van der Waals surface area contributed by atoms with Crippen molar-refractivity contribution in [2.75, 3.05) is 20.8 Å². The molecular weight excluding hydrogens is 614 g/mol. The van der Waals surface area contributed by atoms with E-state index >= 15 is 0 Å². The van der Waals surface area contributed by atoms with Crippen LogP contribution in [0.1, 0.15) is 46.6 Å². The Kier molecular flexibility index (Phi) is 10.2. The first-order valence-electron chi connectivity index (χ1n) is 16.3. The van der Waals surface area contributed by atoms with Crippen LogP contribution < -0.4 is 10.6 Å². The number of rotatable bonds is 12. The van der Waals surface area contributed by atoms with Crippen molar-refractivity contribution in [3.05, 3.63) is 167 Å². The van der Waals surface area contributed by atoms with E-state index in [-0.39, 0.29) is 31.3 Å². The third kappa shape index (κ3) is 6.96. The van der Waals surface area contributed by atoms with E-state index in [0.29, 0.717) is 0 Å². The SMILES string of the molecule is CON(C)C(=O)C(CCC(=O)NC(c1ccccc1)(c1ccccc1)c1ccccc1)NC(=O)OCC1c2ccccc2-c2ccccc21. The Morgan fingerprint density at radius 3 is 1.61 bits per heavy atom. The molecule has 1 aliphatic rings. The molecule has 0 saturated carbocycles. The van der Waals surface area contributed by atoms with Gasteiger partial charge in [-0.05, 0) is 45.4 Å². The van der Waals surface area contributed by atoms with Gasteiger partial charge >= 0.3 is 6.09 Å². The number of ether oxygens (including phenoxy) is 1. The molecule has 0 aromatic heterocycles. The zero-order valence-corrected chi connectivity index (χ0v) is 27.5. The van der Waals surface area contributed by atoms with Crippen molar-refractivity contribution in [2.24, 2.45) is 0 Å². The minimum Gasteiger partial charge on any atom is -0.449 e. The summed E-state index contributed by atoms with van der Waals surface area (Å²) in [6, 6.07) is 44.4. The van der Waals surface area contributed by atoms with Crippen molar-refractivity contribution < 1.29 is 24.0 Å². The van der Waals surface area contributed by atoms with Crippen LogP contribution in [-0.4, -0.2) is 49.8 Å². The maximum Gasteiger partial charge on any atom is 0.407 e. The van der Waals surface area contributed by atoms with E-state index < -0.39 is 23.6 Å². The lowest BCUT2D eigenvalue weighted by Crippen LogP contribution is -2.50. The summed E-state index contributed by atoms with van der Waals surface area (Å²) < 4.78 is 5.73. The van der Waals surface area contributed by atoms with Gasteiger partial charge < -0.3 is 15.4 Å². The molecule has 0 heterocycles. The van der Waals surface area contributed by atoms with Crippen LogP contribution in [0.4, 0.5) is 4.79 Å². The average Bonchev–Trinajstić information content (AvgIpc) is 3.48. The maximum atomic E-state index is 14.0. The Morgan fingerprint density at radius 2 is 1.14 bits per heavy atom. The number of nitrogens with zero attached hydrogens (tertiary/aromatic N) is 1. The first kappa shape index (κ1) is 33.2. The second-order valence-electron chi connectivity index (χ2n) is 12.0. The molecule has 6 rings (SSSR count). The number of amides is 3. The molecule has 5 aromatic carbocycles. The number of carbonyl (C=O) groups is 3. The molecule has 3 amide bonds. The van der Waals surface area contributed by atoms with Crippen LogP contribution in [0.2, 0.25) is 0 Å². The number of hydrogen-bond donors (Lipinski definition) is 2. The van der Waals surface area contributed by atoms with E-state index in [0.717, 1.165) is 44.0 Å². The fraction of sp³-hybridized carbons (Fsp3) is 0.195. The quantitative estimate of drug-likeness (QED) is 0.114. The minimum atomic E-state index is -1.08. The topological polar surface area (TPSA) is 97.0 Å². The summed E-state index contributed by atoms with van der Waals surface area (Å²) in [5, 5.41) is 7.05. The Morgan fingerprint density at radius 1 is 0.694 bits per heavy atom. The molecule has 8 nitrogen and oxygen atoms in total. The summed E-state index contributed by atoms with van der Waals surface area (Å²) in [5.41, 5.74) is 6.02. The maximum absolute atomic E-state index is 14.0. The summed E-state index contributed by atoms with van der Waals surface area (Å²) in [6.07, 6.45) is -0.805. The largest absolute Gasteiger partial charge is 0.449 e. The molecule has 0 aliphatic heterocycles. The molecule has 248 valence electrons. The third-order valence-electron chi connectivity index (χ3n) is 9.13. The Hall–Kier alpha value is -5.73. The van der Waals surface area contributed by atoms with Gasteiger partial charge in [-0.2, -0.15) is 0 Å². The lowest BCUT2D eigenvalue weighted by atomic mass is 9.77. The van der Waals surface area contributed by atoms with Gasteiger partial charge in [-0.15, -0.1) is 0 Å². The Balaban J connectivity index is 1.20. The van der Waals surface area contributed by atoms with Gasteiger partial charge in [0.15, 0.2) is 0 Å². The van der Waals surface area contributed by atoms with Crippen LogP contribution in [0, 0.1) is 0 Å². The number of carbonyl (C=O) groups excluding carboxylic acids is 3.